The van der Waals surface area contributed by atoms with Crippen LogP contribution in [0.2, 0.25) is 0 Å². The van der Waals surface area contributed by atoms with E-state index in [1.807, 2.05) is 19.9 Å². The summed E-state index contributed by atoms with van der Waals surface area (Å²) < 4.78 is 34.5. The third kappa shape index (κ3) is 3.00. The first-order valence-electron chi connectivity index (χ1n) is 9.27. The highest BCUT2D eigenvalue weighted by atomic mass is 79.9. The van der Waals surface area contributed by atoms with Crippen molar-refractivity contribution in [3.05, 3.63) is 39.2 Å². The zero-order chi connectivity index (χ0) is 20.2. The second-order valence-corrected chi connectivity index (χ2v) is 10.1. The van der Waals surface area contributed by atoms with Gasteiger partial charge in [0.2, 0.25) is 15.9 Å². The zero-order valence-electron chi connectivity index (χ0n) is 16.0. The number of sulfonamides is 1. The number of aryl methyl sites for hydroxylation is 2. The number of aromatic nitrogens is 1. The Bertz CT molecular complexity index is 1040. The Hall–Kier alpha value is -1.71. The van der Waals surface area contributed by atoms with Crippen LogP contribution in [-0.4, -0.2) is 36.9 Å². The van der Waals surface area contributed by atoms with Gasteiger partial charge in [-0.25, -0.2) is 8.42 Å². The Kier molecular flexibility index (Phi) is 4.87. The summed E-state index contributed by atoms with van der Waals surface area (Å²) >= 11 is 3.45. The summed E-state index contributed by atoms with van der Waals surface area (Å²) in [6.45, 7) is 6.17. The summed E-state index contributed by atoms with van der Waals surface area (Å²) in [5.41, 5.74) is 3.23. The lowest BCUT2D eigenvalue weighted by molar-refractivity contribution is -0.116. The molecule has 4 rings (SSSR count). The fourth-order valence-electron chi connectivity index (χ4n) is 4.32. The molecule has 0 spiro atoms. The van der Waals surface area contributed by atoms with Crippen LogP contribution in [0.15, 0.2) is 26.0 Å². The fourth-order valence-corrected chi connectivity index (χ4v) is 7.06. The Morgan fingerprint density at radius 2 is 2.04 bits per heavy atom. The molecule has 2 aromatic rings. The highest BCUT2D eigenvalue weighted by Gasteiger charge is 2.40. The van der Waals surface area contributed by atoms with Gasteiger partial charge in [-0.05, 0) is 66.7 Å². The number of benzene rings is 1. The van der Waals surface area contributed by atoms with Gasteiger partial charge in [-0.3, -0.25) is 4.79 Å². The fraction of sp³-hybridized carbons (Fsp3) is 0.474. The molecule has 3 heterocycles. The Labute approximate surface area is 172 Å². The second kappa shape index (κ2) is 6.96. The van der Waals surface area contributed by atoms with Gasteiger partial charge in [0, 0.05) is 35.7 Å². The van der Waals surface area contributed by atoms with Gasteiger partial charge < -0.3 is 9.42 Å². The van der Waals surface area contributed by atoms with Crippen molar-refractivity contribution in [2.24, 2.45) is 0 Å². The maximum Gasteiger partial charge on any atom is 0.244 e. The second-order valence-electron chi connectivity index (χ2n) is 7.34. The van der Waals surface area contributed by atoms with Gasteiger partial charge in [-0.1, -0.05) is 5.16 Å². The van der Waals surface area contributed by atoms with Crippen molar-refractivity contribution in [1.82, 2.24) is 9.46 Å². The van der Waals surface area contributed by atoms with Gasteiger partial charge >= 0.3 is 0 Å². The molecule has 0 radical (unpaired) electrons. The first-order chi connectivity index (χ1) is 13.2. The largest absolute Gasteiger partial charge is 0.361 e. The van der Waals surface area contributed by atoms with Crippen LogP contribution in [0.1, 0.15) is 48.4 Å². The van der Waals surface area contributed by atoms with Crippen molar-refractivity contribution >= 4 is 37.5 Å². The first kappa shape index (κ1) is 19.6. The molecular weight excluding hydrogens is 446 g/mol. The van der Waals surface area contributed by atoms with Crippen LogP contribution in [-0.2, 0) is 21.2 Å². The molecular formula is C19H22BrN3O4S. The average Bonchev–Trinajstić information content (AvgIpc) is 3.32. The molecule has 1 aromatic carbocycles. The van der Waals surface area contributed by atoms with Crippen molar-refractivity contribution in [3.63, 3.8) is 0 Å². The monoisotopic (exact) mass is 467 g/mol. The first-order valence-corrected chi connectivity index (χ1v) is 11.5. The minimum Gasteiger partial charge on any atom is -0.361 e. The Morgan fingerprint density at radius 3 is 2.68 bits per heavy atom. The van der Waals surface area contributed by atoms with E-state index in [0.29, 0.717) is 29.0 Å². The SMILES string of the molecule is CC(=O)N1CCc2cc(Br)c(S(=O)(=O)N3CCC[C@H]3c3c(C)noc3C)cc21. The van der Waals surface area contributed by atoms with Gasteiger partial charge in [-0.2, -0.15) is 4.31 Å². The number of anilines is 1. The number of hydrogen-bond donors (Lipinski definition) is 0. The lowest BCUT2D eigenvalue weighted by Crippen LogP contribution is -2.32. The number of carbonyl (C=O) groups is 1. The molecule has 7 nitrogen and oxygen atoms in total. The number of rotatable bonds is 3. The van der Waals surface area contributed by atoms with E-state index in [4.69, 9.17) is 4.52 Å². The van der Waals surface area contributed by atoms with Crippen LogP contribution >= 0.6 is 15.9 Å². The molecule has 1 fully saturated rings. The summed E-state index contributed by atoms with van der Waals surface area (Å²) in [5.74, 6) is 0.569. The van der Waals surface area contributed by atoms with Crippen LogP contribution < -0.4 is 4.90 Å². The molecule has 1 saturated heterocycles. The zero-order valence-corrected chi connectivity index (χ0v) is 18.4. The van der Waals surface area contributed by atoms with Gasteiger partial charge in [0.05, 0.1) is 16.6 Å². The van der Waals surface area contributed by atoms with E-state index in [-0.39, 0.29) is 16.8 Å². The highest BCUT2D eigenvalue weighted by molar-refractivity contribution is 9.10. The number of amides is 1. The summed E-state index contributed by atoms with van der Waals surface area (Å²) in [6.07, 6.45) is 2.22. The smallest absolute Gasteiger partial charge is 0.244 e. The van der Waals surface area contributed by atoms with Crippen molar-refractivity contribution in [2.75, 3.05) is 18.0 Å². The molecule has 0 aliphatic carbocycles. The van der Waals surface area contributed by atoms with Crippen LogP contribution in [0.4, 0.5) is 5.69 Å². The lowest BCUT2D eigenvalue weighted by Gasteiger charge is -2.25. The molecule has 150 valence electrons. The predicted octanol–water partition coefficient (Wildman–Crippen LogP) is 3.49. The molecule has 28 heavy (non-hydrogen) atoms. The minimum atomic E-state index is -3.77. The van der Waals surface area contributed by atoms with Crippen LogP contribution in [0, 0.1) is 13.8 Å². The van der Waals surface area contributed by atoms with Gasteiger partial charge in [0.25, 0.3) is 0 Å². The number of carbonyl (C=O) groups excluding carboxylic acids is 1. The third-order valence-electron chi connectivity index (χ3n) is 5.62. The van der Waals surface area contributed by atoms with E-state index in [2.05, 4.69) is 21.1 Å². The molecule has 0 unspecified atom stereocenters. The summed E-state index contributed by atoms with van der Waals surface area (Å²) in [4.78, 5) is 13.8. The van der Waals surface area contributed by atoms with E-state index >= 15 is 0 Å². The van der Waals surface area contributed by atoms with E-state index in [9.17, 15) is 13.2 Å². The summed E-state index contributed by atoms with van der Waals surface area (Å²) in [7, 11) is -3.77. The molecule has 9 heteroatoms. The number of halogens is 1. The van der Waals surface area contributed by atoms with E-state index in [1.165, 1.54) is 6.92 Å². The molecule has 1 aromatic heterocycles. The van der Waals surface area contributed by atoms with Gasteiger partial charge in [-0.15, -0.1) is 0 Å². The standard InChI is InChI=1S/C19H22BrN3O4S/c1-11-19(12(2)27-21-11)16-5-4-7-23(16)28(25,26)18-10-17-14(9-15(18)20)6-8-22(17)13(3)24/h9-10,16H,4-8H2,1-3H3/t16-/m0/s1. The van der Waals surface area contributed by atoms with Crippen molar-refractivity contribution < 1.29 is 17.7 Å². The molecule has 0 saturated carbocycles. The van der Waals surface area contributed by atoms with Gasteiger partial charge in [0.15, 0.2) is 0 Å². The van der Waals surface area contributed by atoms with E-state index in [0.717, 1.165) is 36.1 Å². The number of nitrogens with zero attached hydrogens (tertiary/aromatic N) is 3. The molecule has 1 amide bonds. The Balaban J connectivity index is 1.79. The summed E-state index contributed by atoms with van der Waals surface area (Å²) in [5, 5.41) is 3.99. The summed E-state index contributed by atoms with van der Waals surface area (Å²) in [6, 6.07) is 3.16. The average molecular weight is 468 g/mol. The Morgan fingerprint density at radius 1 is 1.29 bits per heavy atom. The quantitative estimate of drug-likeness (QED) is 0.689. The van der Waals surface area contributed by atoms with Gasteiger partial charge in [0.1, 0.15) is 5.76 Å². The van der Waals surface area contributed by atoms with Crippen molar-refractivity contribution in [3.8, 4) is 0 Å². The molecule has 1 atom stereocenters. The third-order valence-corrected chi connectivity index (χ3v) is 8.49. The molecule has 0 bridgehead atoms. The van der Waals surface area contributed by atoms with Crippen molar-refractivity contribution in [2.45, 2.75) is 51.0 Å². The molecule has 2 aliphatic heterocycles. The van der Waals surface area contributed by atoms with Crippen LogP contribution in [0.5, 0.6) is 0 Å². The number of fused-ring (bicyclic) bond motifs is 1. The van der Waals surface area contributed by atoms with E-state index < -0.39 is 10.0 Å². The predicted molar refractivity (Wildman–Crippen MR) is 108 cm³/mol. The maximum atomic E-state index is 13.6. The number of hydrogen-bond acceptors (Lipinski definition) is 5. The maximum absolute atomic E-state index is 13.6. The minimum absolute atomic E-state index is 0.0841. The van der Waals surface area contributed by atoms with Crippen molar-refractivity contribution in [1.29, 1.82) is 0 Å². The molecule has 0 N–H and O–H groups in total. The van der Waals surface area contributed by atoms with E-state index in [1.54, 1.807) is 15.3 Å². The highest BCUT2D eigenvalue weighted by Crippen LogP contribution is 2.42. The lowest BCUT2D eigenvalue weighted by atomic mass is 10.0. The van der Waals surface area contributed by atoms with Crippen LogP contribution in [0.3, 0.4) is 0 Å². The van der Waals surface area contributed by atoms with Crippen LogP contribution in [0.25, 0.3) is 0 Å². The molecule has 2 aliphatic rings. The topological polar surface area (TPSA) is 83.7 Å². The normalized spacial score (nSPS) is 20.0.